The SMILES string of the molecule is CCOC1(c2nc([C@H]3CCCO3)no2)CCN(Cc2csc(C)n2)CC1. The zero-order chi connectivity index (χ0) is 18.0. The third-order valence-electron chi connectivity index (χ3n) is 5.19. The molecule has 2 aromatic rings. The van der Waals surface area contributed by atoms with Gasteiger partial charge < -0.3 is 14.0 Å². The maximum Gasteiger partial charge on any atom is 0.259 e. The Morgan fingerprint density at radius 2 is 2.19 bits per heavy atom. The van der Waals surface area contributed by atoms with E-state index in [1.165, 1.54) is 0 Å². The Hall–Kier alpha value is -1.35. The van der Waals surface area contributed by atoms with E-state index in [1.807, 2.05) is 13.8 Å². The quantitative estimate of drug-likeness (QED) is 0.764. The number of thiazole rings is 1. The fraction of sp³-hybridized carbons (Fsp3) is 0.722. The third-order valence-corrected chi connectivity index (χ3v) is 6.01. The van der Waals surface area contributed by atoms with Crippen molar-refractivity contribution in [1.82, 2.24) is 20.0 Å². The molecule has 7 nitrogen and oxygen atoms in total. The summed E-state index contributed by atoms with van der Waals surface area (Å²) in [5.74, 6) is 1.27. The first-order valence-corrected chi connectivity index (χ1v) is 10.3. The Morgan fingerprint density at radius 3 is 2.85 bits per heavy atom. The predicted octanol–water partition coefficient (Wildman–Crippen LogP) is 3.21. The number of ether oxygens (including phenoxy) is 2. The van der Waals surface area contributed by atoms with Crippen molar-refractivity contribution in [3.05, 3.63) is 27.8 Å². The highest BCUT2D eigenvalue weighted by Gasteiger charge is 2.42. The summed E-state index contributed by atoms with van der Waals surface area (Å²) < 4.78 is 17.5. The number of hydrogen-bond acceptors (Lipinski definition) is 8. The highest BCUT2D eigenvalue weighted by molar-refractivity contribution is 7.09. The molecule has 4 heterocycles. The van der Waals surface area contributed by atoms with Crippen LogP contribution < -0.4 is 0 Å². The molecule has 2 aliphatic rings. The van der Waals surface area contributed by atoms with Gasteiger partial charge in [-0.25, -0.2) is 4.98 Å². The van der Waals surface area contributed by atoms with Crippen molar-refractivity contribution < 1.29 is 14.0 Å². The highest BCUT2D eigenvalue weighted by Crippen LogP contribution is 2.37. The minimum atomic E-state index is -0.479. The predicted molar refractivity (Wildman–Crippen MR) is 96.9 cm³/mol. The number of piperidine rings is 1. The summed E-state index contributed by atoms with van der Waals surface area (Å²) in [7, 11) is 0. The lowest BCUT2D eigenvalue weighted by molar-refractivity contribution is -0.104. The van der Waals surface area contributed by atoms with Crippen LogP contribution in [0, 0.1) is 6.92 Å². The third kappa shape index (κ3) is 3.69. The summed E-state index contributed by atoms with van der Waals surface area (Å²) in [6.07, 6.45) is 3.67. The Labute approximate surface area is 157 Å². The average molecular weight is 378 g/mol. The largest absolute Gasteiger partial charge is 0.370 e. The van der Waals surface area contributed by atoms with Gasteiger partial charge in [0.1, 0.15) is 11.7 Å². The van der Waals surface area contributed by atoms with Crippen LogP contribution in [0.15, 0.2) is 9.90 Å². The van der Waals surface area contributed by atoms with Gasteiger partial charge in [0, 0.05) is 38.2 Å². The first kappa shape index (κ1) is 18.0. The van der Waals surface area contributed by atoms with Gasteiger partial charge >= 0.3 is 0 Å². The zero-order valence-electron chi connectivity index (χ0n) is 15.4. The van der Waals surface area contributed by atoms with E-state index in [0.29, 0.717) is 18.3 Å². The topological polar surface area (TPSA) is 73.5 Å². The molecule has 0 bridgehead atoms. The fourth-order valence-corrected chi connectivity index (χ4v) is 4.41. The minimum absolute atomic E-state index is 0.0285. The van der Waals surface area contributed by atoms with E-state index in [-0.39, 0.29) is 6.10 Å². The second-order valence-electron chi connectivity index (χ2n) is 7.02. The zero-order valence-corrected chi connectivity index (χ0v) is 16.3. The van der Waals surface area contributed by atoms with Gasteiger partial charge in [0.05, 0.1) is 10.7 Å². The number of aryl methyl sites for hydroxylation is 1. The smallest absolute Gasteiger partial charge is 0.259 e. The molecule has 2 aliphatic heterocycles. The number of hydrogen-bond donors (Lipinski definition) is 0. The summed E-state index contributed by atoms with van der Waals surface area (Å²) >= 11 is 1.70. The fourth-order valence-electron chi connectivity index (χ4n) is 3.81. The molecule has 4 rings (SSSR count). The molecule has 0 aromatic carbocycles. The van der Waals surface area contributed by atoms with Crippen LogP contribution in [0.25, 0.3) is 0 Å². The van der Waals surface area contributed by atoms with Crippen LogP contribution in [0.5, 0.6) is 0 Å². The molecule has 2 aromatic heterocycles. The first-order chi connectivity index (χ1) is 12.7. The maximum atomic E-state index is 6.16. The van der Waals surface area contributed by atoms with E-state index in [0.717, 1.165) is 62.6 Å². The molecular weight excluding hydrogens is 352 g/mol. The van der Waals surface area contributed by atoms with E-state index in [2.05, 4.69) is 25.4 Å². The van der Waals surface area contributed by atoms with Gasteiger partial charge in [-0.1, -0.05) is 5.16 Å². The summed E-state index contributed by atoms with van der Waals surface area (Å²) in [5.41, 5.74) is 0.669. The van der Waals surface area contributed by atoms with Crippen molar-refractivity contribution >= 4 is 11.3 Å². The monoisotopic (exact) mass is 378 g/mol. The normalized spacial score (nSPS) is 23.5. The Balaban J connectivity index is 1.44. The van der Waals surface area contributed by atoms with Crippen LogP contribution in [0.3, 0.4) is 0 Å². The van der Waals surface area contributed by atoms with Crippen LogP contribution in [-0.4, -0.2) is 46.3 Å². The second-order valence-corrected chi connectivity index (χ2v) is 8.08. The Kier molecular flexibility index (Phi) is 5.35. The highest BCUT2D eigenvalue weighted by atomic mass is 32.1. The molecule has 2 saturated heterocycles. The summed E-state index contributed by atoms with van der Waals surface area (Å²) in [5, 5.41) is 7.44. The standard InChI is InChI=1S/C18H26N4O3S/c1-3-24-18(17-20-16(21-25-17)15-5-4-10-23-15)6-8-22(9-7-18)11-14-12-26-13(2)19-14/h12,15H,3-11H2,1-2H3/t15-/m1/s1. The van der Waals surface area contributed by atoms with Crippen LogP contribution >= 0.6 is 11.3 Å². The van der Waals surface area contributed by atoms with E-state index in [9.17, 15) is 0 Å². The van der Waals surface area contributed by atoms with Gasteiger partial charge in [0.25, 0.3) is 5.89 Å². The van der Waals surface area contributed by atoms with Gasteiger partial charge in [-0.3, -0.25) is 4.90 Å². The van der Waals surface area contributed by atoms with Gasteiger partial charge in [-0.2, -0.15) is 4.98 Å². The van der Waals surface area contributed by atoms with Crippen LogP contribution in [0.2, 0.25) is 0 Å². The molecule has 0 aliphatic carbocycles. The van der Waals surface area contributed by atoms with E-state index >= 15 is 0 Å². The summed E-state index contributed by atoms with van der Waals surface area (Å²) in [6.45, 7) is 8.20. The molecule has 26 heavy (non-hydrogen) atoms. The van der Waals surface area contributed by atoms with Crippen molar-refractivity contribution in [2.45, 2.75) is 57.8 Å². The van der Waals surface area contributed by atoms with Gasteiger partial charge in [0.15, 0.2) is 0 Å². The van der Waals surface area contributed by atoms with Crippen LogP contribution in [0.1, 0.15) is 61.1 Å². The summed E-state index contributed by atoms with van der Waals surface area (Å²) in [6, 6.07) is 0. The average Bonchev–Trinajstić information content (AvgIpc) is 3.38. The molecule has 0 unspecified atom stereocenters. The molecule has 142 valence electrons. The van der Waals surface area contributed by atoms with Crippen molar-refractivity contribution in [2.24, 2.45) is 0 Å². The van der Waals surface area contributed by atoms with E-state index in [4.69, 9.17) is 14.0 Å². The van der Waals surface area contributed by atoms with E-state index in [1.54, 1.807) is 11.3 Å². The first-order valence-electron chi connectivity index (χ1n) is 9.41. The molecule has 0 spiro atoms. The lowest BCUT2D eigenvalue weighted by Gasteiger charge is -2.38. The summed E-state index contributed by atoms with van der Waals surface area (Å²) in [4.78, 5) is 11.7. The molecule has 2 fully saturated rings. The molecule has 1 atom stereocenters. The molecule has 0 saturated carbocycles. The van der Waals surface area contributed by atoms with Crippen LogP contribution in [-0.2, 0) is 21.6 Å². The van der Waals surface area contributed by atoms with E-state index < -0.39 is 5.60 Å². The number of aromatic nitrogens is 3. The lowest BCUT2D eigenvalue weighted by atomic mass is 9.90. The Morgan fingerprint density at radius 1 is 1.35 bits per heavy atom. The second kappa shape index (κ2) is 7.72. The van der Waals surface area contributed by atoms with Gasteiger partial charge in [0.2, 0.25) is 5.82 Å². The van der Waals surface area contributed by atoms with Crippen molar-refractivity contribution in [2.75, 3.05) is 26.3 Å². The van der Waals surface area contributed by atoms with Crippen LogP contribution in [0.4, 0.5) is 0 Å². The molecule has 0 radical (unpaired) electrons. The Bertz CT molecular complexity index is 718. The van der Waals surface area contributed by atoms with Crippen molar-refractivity contribution in [3.63, 3.8) is 0 Å². The number of likely N-dealkylation sites (tertiary alicyclic amines) is 1. The van der Waals surface area contributed by atoms with Crippen molar-refractivity contribution in [3.8, 4) is 0 Å². The molecular formula is C18H26N4O3S. The number of nitrogens with zero attached hydrogens (tertiary/aromatic N) is 4. The minimum Gasteiger partial charge on any atom is -0.370 e. The maximum absolute atomic E-state index is 6.16. The van der Waals surface area contributed by atoms with Gasteiger partial charge in [-0.15, -0.1) is 11.3 Å². The molecule has 8 heteroatoms. The molecule has 0 amide bonds. The van der Waals surface area contributed by atoms with Crippen molar-refractivity contribution in [1.29, 1.82) is 0 Å². The van der Waals surface area contributed by atoms with Gasteiger partial charge in [-0.05, 0) is 39.5 Å². The lowest BCUT2D eigenvalue weighted by Crippen LogP contribution is -2.44. The number of rotatable bonds is 6. The molecule has 0 N–H and O–H groups in total.